The molecule has 8 heteroatoms. The fourth-order valence-electron chi connectivity index (χ4n) is 1.59. The zero-order valence-electron chi connectivity index (χ0n) is 11.7. The van der Waals surface area contributed by atoms with Gasteiger partial charge >= 0.3 is 0 Å². The molecule has 1 aromatic rings. The van der Waals surface area contributed by atoms with Crippen molar-refractivity contribution in [3.05, 3.63) is 15.9 Å². The lowest BCUT2D eigenvalue weighted by Crippen LogP contribution is -2.36. The monoisotopic (exact) mass is 338 g/mol. The maximum absolute atomic E-state index is 6.05. The molecular weight excluding hydrogens is 319 g/mol. The van der Waals surface area contributed by atoms with E-state index in [1.54, 1.807) is 11.8 Å². The topological polar surface area (TPSA) is 51.1 Å². The molecule has 1 rings (SSSR count). The first-order chi connectivity index (χ1) is 9.56. The van der Waals surface area contributed by atoms with Crippen molar-refractivity contribution in [2.24, 2.45) is 0 Å². The number of nitrogens with one attached hydrogen (secondary N) is 2. The number of halogens is 2. The Morgan fingerprint density at radius 2 is 1.95 bits per heavy atom. The number of aromatic nitrogens is 2. The highest BCUT2D eigenvalue weighted by atomic mass is 35.5. The van der Waals surface area contributed by atoms with Crippen LogP contribution in [0.15, 0.2) is 0 Å². The minimum atomic E-state index is 0.490. The van der Waals surface area contributed by atoms with Gasteiger partial charge in [-0.05, 0) is 32.0 Å². The van der Waals surface area contributed by atoms with Crippen molar-refractivity contribution in [1.82, 2.24) is 20.4 Å². The molecular formula is C12H20Cl2N4OS. The summed E-state index contributed by atoms with van der Waals surface area (Å²) in [5.41, 5.74) is 0.750. The molecule has 0 saturated heterocycles. The third-order valence-corrected chi connectivity index (χ3v) is 3.86. The van der Waals surface area contributed by atoms with Crippen LogP contribution in [0.1, 0.15) is 18.5 Å². The first kappa shape index (κ1) is 17.5. The minimum absolute atomic E-state index is 0.490. The molecule has 1 heterocycles. The number of aryl methyl sites for hydroxylation is 2. The van der Waals surface area contributed by atoms with Crippen molar-refractivity contribution < 1.29 is 4.74 Å². The van der Waals surface area contributed by atoms with Gasteiger partial charge in [-0.3, -0.25) is 4.68 Å². The smallest absolute Gasteiger partial charge is 0.166 e. The standard InChI is InChI=1S/C12H20Cl2N4OS/c1-9-10(13)11(14)18(17-9)7-3-5-15-12(20)16-6-4-8-19-2/h3-8H2,1-2H3,(H2,15,16,20). The molecule has 0 aromatic carbocycles. The number of ether oxygens (including phenoxy) is 1. The van der Waals surface area contributed by atoms with E-state index in [4.69, 9.17) is 40.2 Å². The molecule has 5 nitrogen and oxygen atoms in total. The number of hydrogen-bond donors (Lipinski definition) is 2. The summed E-state index contributed by atoms with van der Waals surface area (Å²) in [6.07, 6.45) is 1.79. The average Bonchev–Trinajstić information content (AvgIpc) is 2.67. The molecule has 114 valence electrons. The van der Waals surface area contributed by atoms with Crippen molar-refractivity contribution in [3.63, 3.8) is 0 Å². The number of methoxy groups -OCH3 is 1. The van der Waals surface area contributed by atoms with Crippen molar-refractivity contribution in [1.29, 1.82) is 0 Å². The van der Waals surface area contributed by atoms with Gasteiger partial charge in [0.2, 0.25) is 0 Å². The normalized spacial score (nSPS) is 10.6. The van der Waals surface area contributed by atoms with E-state index in [0.717, 1.165) is 38.2 Å². The van der Waals surface area contributed by atoms with Crippen LogP contribution >= 0.6 is 35.4 Å². The van der Waals surface area contributed by atoms with E-state index in [9.17, 15) is 0 Å². The second-order valence-electron chi connectivity index (χ2n) is 4.30. The Kier molecular flexibility index (Phi) is 8.21. The summed E-state index contributed by atoms with van der Waals surface area (Å²) in [6.45, 7) is 4.82. The Labute approximate surface area is 135 Å². The fourth-order valence-corrected chi connectivity index (χ4v) is 2.19. The molecule has 0 aliphatic carbocycles. The van der Waals surface area contributed by atoms with Gasteiger partial charge in [0, 0.05) is 33.4 Å². The van der Waals surface area contributed by atoms with Crippen LogP contribution in [0.25, 0.3) is 0 Å². The summed E-state index contributed by atoms with van der Waals surface area (Å²) < 4.78 is 6.66. The Morgan fingerprint density at radius 3 is 2.50 bits per heavy atom. The third kappa shape index (κ3) is 5.83. The third-order valence-electron chi connectivity index (χ3n) is 2.64. The van der Waals surface area contributed by atoms with Crippen LogP contribution in [-0.4, -0.2) is 41.7 Å². The molecule has 0 unspecified atom stereocenters. The van der Waals surface area contributed by atoms with Crippen LogP contribution in [-0.2, 0) is 11.3 Å². The molecule has 0 fully saturated rings. The molecule has 0 atom stereocenters. The Balaban J connectivity index is 2.15. The number of nitrogens with zero attached hydrogens (tertiary/aromatic N) is 2. The molecule has 0 bridgehead atoms. The zero-order chi connectivity index (χ0) is 15.0. The van der Waals surface area contributed by atoms with Gasteiger partial charge in [0.1, 0.15) is 10.2 Å². The maximum Gasteiger partial charge on any atom is 0.166 e. The molecule has 0 aliphatic rings. The van der Waals surface area contributed by atoms with E-state index in [-0.39, 0.29) is 0 Å². The number of rotatable bonds is 8. The van der Waals surface area contributed by atoms with Gasteiger partial charge in [-0.25, -0.2) is 0 Å². The lowest BCUT2D eigenvalue weighted by molar-refractivity contribution is 0.195. The summed E-state index contributed by atoms with van der Waals surface area (Å²) >= 11 is 17.2. The molecule has 0 saturated carbocycles. The molecule has 0 amide bonds. The van der Waals surface area contributed by atoms with E-state index in [2.05, 4.69) is 15.7 Å². The largest absolute Gasteiger partial charge is 0.385 e. The van der Waals surface area contributed by atoms with Gasteiger partial charge in [-0.15, -0.1) is 0 Å². The van der Waals surface area contributed by atoms with Crippen LogP contribution in [0.2, 0.25) is 10.2 Å². The minimum Gasteiger partial charge on any atom is -0.385 e. The van der Waals surface area contributed by atoms with Gasteiger partial charge in [-0.1, -0.05) is 23.2 Å². The maximum atomic E-state index is 6.05. The SMILES string of the molecule is COCCCNC(=S)NCCCn1nc(C)c(Cl)c1Cl. The summed E-state index contributed by atoms with van der Waals surface area (Å²) in [5, 5.41) is 12.2. The zero-order valence-corrected chi connectivity index (χ0v) is 14.0. The highest BCUT2D eigenvalue weighted by Gasteiger charge is 2.10. The van der Waals surface area contributed by atoms with E-state index < -0.39 is 0 Å². The van der Waals surface area contributed by atoms with Crippen molar-refractivity contribution in [2.45, 2.75) is 26.3 Å². The molecule has 20 heavy (non-hydrogen) atoms. The summed E-state index contributed by atoms with van der Waals surface area (Å²) in [5.74, 6) is 0. The van der Waals surface area contributed by atoms with Gasteiger partial charge in [0.25, 0.3) is 0 Å². The second-order valence-corrected chi connectivity index (χ2v) is 5.44. The van der Waals surface area contributed by atoms with Gasteiger partial charge in [-0.2, -0.15) is 5.10 Å². The fraction of sp³-hybridized carbons (Fsp3) is 0.667. The Hall–Kier alpha value is -0.560. The van der Waals surface area contributed by atoms with Crippen LogP contribution < -0.4 is 10.6 Å². The predicted molar refractivity (Wildman–Crippen MR) is 86.7 cm³/mol. The highest BCUT2D eigenvalue weighted by molar-refractivity contribution is 7.80. The lowest BCUT2D eigenvalue weighted by atomic mass is 10.4. The Bertz CT molecular complexity index is 439. The van der Waals surface area contributed by atoms with Crippen LogP contribution in [0.5, 0.6) is 0 Å². The summed E-state index contributed by atoms with van der Waals surface area (Å²) in [6, 6.07) is 0. The predicted octanol–water partition coefficient (Wildman–Crippen LogP) is 2.39. The molecule has 0 spiro atoms. The van der Waals surface area contributed by atoms with E-state index >= 15 is 0 Å². The van der Waals surface area contributed by atoms with Gasteiger partial charge < -0.3 is 15.4 Å². The lowest BCUT2D eigenvalue weighted by Gasteiger charge is -2.10. The quantitative estimate of drug-likeness (QED) is 0.563. The second kappa shape index (κ2) is 9.39. The summed E-state index contributed by atoms with van der Waals surface area (Å²) in [4.78, 5) is 0. The van der Waals surface area contributed by atoms with Gasteiger partial charge in [0.05, 0.1) is 5.69 Å². The highest BCUT2D eigenvalue weighted by Crippen LogP contribution is 2.24. The first-order valence-electron chi connectivity index (χ1n) is 6.45. The van der Waals surface area contributed by atoms with Crippen LogP contribution in [0.4, 0.5) is 0 Å². The van der Waals surface area contributed by atoms with Crippen molar-refractivity contribution in [3.8, 4) is 0 Å². The van der Waals surface area contributed by atoms with Gasteiger partial charge in [0.15, 0.2) is 5.11 Å². The number of thiocarbonyl (C=S) groups is 1. The average molecular weight is 339 g/mol. The van der Waals surface area contributed by atoms with E-state index in [1.807, 2.05) is 6.92 Å². The van der Waals surface area contributed by atoms with E-state index in [0.29, 0.717) is 21.8 Å². The molecule has 1 aromatic heterocycles. The van der Waals surface area contributed by atoms with Crippen molar-refractivity contribution >= 4 is 40.5 Å². The van der Waals surface area contributed by atoms with Crippen LogP contribution in [0, 0.1) is 6.92 Å². The molecule has 0 radical (unpaired) electrons. The number of hydrogen-bond acceptors (Lipinski definition) is 3. The van der Waals surface area contributed by atoms with E-state index in [1.165, 1.54) is 0 Å². The first-order valence-corrected chi connectivity index (χ1v) is 7.61. The van der Waals surface area contributed by atoms with Crippen LogP contribution in [0.3, 0.4) is 0 Å². The molecule has 2 N–H and O–H groups in total. The van der Waals surface area contributed by atoms with Crippen molar-refractivity contribution in [2.75, 3.05) is 26.8 Å². The summed E-state index contributed by atoms with van der Waals surface area (Å²) in [7, 11) is 1.69. The molecule has 0 aliphatic heterocycles. The Morgan fingerprint density at radius 1 is 1.30 bits per heavy atom.